The summed E-state index contributed by atoms with van der Waals surface area (Å²) >= 11 is 0. The lowest BCUT2D eigenvalue weighted by atomic mass is 10.3. The molecule has 1 saturated carbocycles. The number of hydrogen-bond donors (Lipinski definition) is 0. The van der Waals surface area contributed by atoms with E-state index in [0.717, 1.165) is 31.3 Å². The van der Waals surface area contributed by atoms with Gasteiger partial charge in [-0.15, -0.1) is 10.2 Å². The van der Waals surface area contributed by atoms with Crippen LogP contribution in [0.3, 0.4) is 0 Å². The highest BCUT2D eigenvalue weighted by Crippen LogP contribution is 2.39. The van der Waals surface area contributed by atoms with Crippen LogP contribution in [0.15, 0.2) is 27.3 Å². The normalized spacial score (nSPS) is 18.3. The maximum absolute atomic E-state index is 5.33. The molecule has 8 nitrogen and oxygen atoms in total. The minimum atomic E-state index is 0.487. The van der Waals surface area contributed by atoms with Crippen molar-refractivity contribution in [1.29, 1.82) is 0 Å². The molecule has 0 unspecified atom stereocenters. The standard InChI is InChI=1S/C15H16N6O2/c1-2-11(22-7-1)14-16-13(23-19-14)9-20-5-6-21-12(8-20)17-18-15(21)10-3-4-10/h1-2,7,10H,3-6,8-9H2. The fourth-order valence-corrected chi connectivity index (χ4v) is 3.02. The summed E-state index contributed by atoms with van der Waals surface area (Å²) in [4.78, 5) is 6.64. The van der Waals surface area contributed by atoms with Crippen molar-refractivity contribution in [2.24, 2.45) is 0 Å². The number of furan rings is 1. The number of fused-ring (bicyclic) bond motifs is 1. The van der Waals surface area contributed by atoms with Crippen LogP contribution < -0.4 is 0 Å². The van der Waals surface area contributed by atoms with Crippen molar-refractivity contribution in [2.75, 3.05) is 6.54 Å². The molecule has 8 heteroatoms. The quantitative estimate of drug-likeness (QED) is 0.726. The maximum atomic E-state index is 5.33. The topological polar surface area (TPSA) is 86.0 Å². The molecule has 2 aliphatic rings. The summed E-state index contributed by atoms with van der Waals surface area (Å²) in [5.74, 6) is 4.52. The second-order valence-corrected chi connectivity index (χ2v) is 6.10. The first-order valence-electron chi connectivity index (χ1n) is 7.87. The van der Waals surface area contributed by atoms with Gasteiger partial charge in [0.15, 0.2) is 5.76 Å². The predicted molar refractivity (Wildman–Crippen MR) is 78.1 cm³/mol. The van der Waals surface area contributed by atoms with Crippen molar-refractivity contribution in [2.45, 2.75) is 38.4 Å². The highest BCUT2D eigenvalue weighted by Gasteiger charge is 2.32. The van der Waals surface area contributed by atoms with Gasteiger partial charge in [0.1, 0.15) is 11.6 Å². The van der Waals surface area contributed by atoms with Gasteiger partial charge in [0.25, 0.3) is 0 Å². The van der Waals surface area contributed by atoms with Crippen LogP contribution in [0.25, 0.3) is 11.6 Å². The summed E-state index contributed by atoms with van der Waals surface area (Å²) in [6.07, 6.45) is 4.10. The summed E-state index contributed by atoms with van der Waals surface area (Å²) in [7, 11) is 0. The molecule has 0 amide bonds. The van der Waals surface area contributed by atoms with Crippen molar-refractivity contribution in [1.82, 2.24) is 29.8 Å². The van der Waals surface area contributed by atoms with Gasteiger partial charge in [-0.2, -0.15) is 4.98 Å². The van der Waals surface area contributed by atoms with Crippen LogP contribution in [0.2, 0.25) is 0 Å². The minimum Gasteiger partial charge on any atom is -0.461 e. The molecular weight excluding hydrogens is 296 g/mol. The lowest BCUT2D eigenvalue weighted by molar-refractivity contribution is 0.182. The first-order chi connectivity index (χ1) is 11.4. The molecule has 0 N–H and O–H groups in total. The van der Waals surface area contributed by atoms with Crippen molar-refractivity contribution < 1.29 is 8.94 Å². The van der Waals surface area contributed by atoms with Gasteiger partial charge in [-0.25, -0.2) is 0 Å². The Hall–Kier alpha value is -2.48. The van der Waals surface area contributed by atoms with E-state index in [2.05, 4.69) is 29.8 Å². The summed E-state index contributed by atoms with van der Waals surface area (Å²) in [5.41, 5.74) is 0. The molecule has 1 aliphatic carbocycles. The predicted octanol–water partition coefficient (Wildman–Crippen LogP) is 1.81. The summed E-state index contributed by atoms with van der Waals surface area (Å²) in [5, 5.41) is 12.7. The molecule has 5 rings (SSSR count). The van der Waals surface area contributed by atoms with Crippen LogP contribution in [-0.4, -0.2) is 36.3 Å². The molecule has 0 saturated heterocycles. The molecule has 0 atom stereocenters. The Balaban J connectivity index is 1.30. The highest BCUT2D eigenvalue weighted by molar-refractivity contribution is 5.44. The van der Waals surface area contributed by atoms with Crippen LogP contribution in [0.4, 0.5) is 0 Å². The zero-order valence-electron chi connectivity index (χ0n) is 12.6. The Morgan fingerprint density at radius 3 is 3.00 bits per heavy atom. The van der Waals surface area contributed by atoms with Gasteiger partial charge < -0.3 is 13.5 Å². The van der Waals surface area contributed by atoms with Crippen molar-refractivity contribution in [3.05, 3.63) is 35.9 Å². The lowest BCUT2D eigenvalue weighted by Crippen LogP contribution is -2.34. The van der Waals surface area contributed by atoms with Gasteiger partial charge in [-0.05, 0) is 25.0 Å². The van der Waals surface area contributed by atoms with Crippen molar-refractivity contribution in [3.63, 3.8) is 0 Å². The molecule has 0 spiro atoms. The largest absolute Gasteiger partial charge is 0.461 e. The van der Waals surface area contributed by atoms with Crippen LogP contribution in [0.1, 0.15) is 36.3 Å². The SMILES string of the molecule is c1coc(-c2noc(CN3CCn4c(nnc4C4CC4)C3)n2)c1. The van der Waals surface area contributed by atoms with E-state index in [1.54, 1.807) is 12.3 Å². The Morgan fingerprint density at radius 2 is 2.17 bits per heavy atom. The Labute approximate surface area is 132 Å². The number of hydrogen-bond acceptors (Lipinski definition) is 7. The average molecular weight is 312 g/mol. The molecule has 0 aromatic carbocycles. The van der Waals surface area contributed by atoms with Crippen LogP contribution in [0.5, 0.6) is 0 Å². The lowest BCUT2D eigenvalue weighted by Gasteiger charge is -2.26. The Kier molecular flexibility index (Phi) is 2.84. The molecule has 3 aromatic rings. The van der Waals surface area contributed by atoms with Gasteiger partial charge in [0.05, 0.1) is 19.4 Å². The highest BCUT2D eigenvalue weighted by atomic mass is 16.5. The fourth-order valence-electron chi connectivity index (χ4n) is 3.02. The molecule has 1 fully saturated rings. The van der Waals surface area contributed by atoms with Crippen molar-refractivity contribution >= 4 is 0 Å². The number of nitrogens with zero attached hydrogens (tertiary/aromatic N) is 6. The molecular formula is C15H16N6O2. The second kappa shape index (κ2) is 5.02. The molecule has 118 valence electrons. The number of aromatic nitrogens is 5. The molecule has 0 radical (unpaired) electrons. The van der Waals surface area contributed by atoms with E-state index in [0.29, 0.717) is 29.9 Å². The number of rotatable bonds is 4. The molecule has 23 heavy (non-hydrogen) atoms. The Morgan fingerprint density at radius 1 is 1.22 bits per heavy atom. The van der Waals surface area contributed by atoms with Crippen LogP contribution in [0, 0.1) is 0 Å². The average Bonchev–Trinajstić information content (AvgIpc) is 2.99. The first kappa shape index (κ1) is 13.0. The molecule has 1 aliphatic heterocycles. The van der Waals surface area contributed by atoms with Crippen molar-refractivity contribution in [3.8, 4) is 11.6 Å². The van der Waals surface area contributed by atoms with E-state index in [1.165, 1.54) is 12.8 Å². The van der Waals surface area contributed by atoms with Gasteiger partial charge in [0.2, 0.25) is 11.7 Å². The fraction of sp³-hybridized carbons (Fsp3) is 0.467. The maximum Gasteiger partial charge on any atom is 0.241 e. The summed E-state index contributed by atoms with van der Waals surface area (Å²) in [6, 6.07) is 3.62. The third-order valence-electron chi connectivity index (χ3n) is 4.37. The molecule has 4 heterocycles. The van der Waals surface area contributed by atoms with Crippen LogP contribution in [-0.2, 0) is 19.6 Å². The third kappa shape index (κ3) is 2.35. The Bertz CT molecular complexity index is 817. The van der Waals surface area contributed by atoms with Gasteiger partial charge in [-0.1, -0.05) is 5.16 Å². The van der Waals surface area contributed by atoms with Gasteiger partial charge >= 0.3 is 0 Å². The zero-order chi connectivity index (χ0) is 15.2. The summed E-state index contributed by atoms with van der Waals surface area (Å²) < 4.78 is 12.9. The van der Waals surface area contributed by atoms with E-state index in [-0.39, 0.29) is 0 Å². The van der Waals surface area contributed by atoms with E-state index < -0.39 is 0 Å². The summed E-state index contributed by atoms with van der Waals surface area (Å²) in [6.45, 7) is 3.23. The minimum absolute atomic E-state index is 0.487. The van der Waals surface area contributed by atoms with Crippen LogP contribution >= 0.6 is 0 Å². The monoisotopic (exact) mass is 312 g/mol. The smallest absolute Gasteiger partial charge is 0.241 e. The van der Waals surface area contributed by atoms with Gasteiger partial charge in [0, 0.05) is 19.0 Å². The third-order valence-corrected chi connectivity index (χ3v) is 4.37. The van der Waals surface area contributed by atoms with E-state index in [9.17, 15) is 0 Å². The second-order valence-electron chi connectivity index (χ2n) is 6.10. The van der Waals surface area contributed by atoms with E-state index >= 15 is 0 Å². The zero-order valence-corrected chi connectivity index (χ0v) is 12.6. The van der Waals surface area contributed by atoms with E-state index in [1.807, 2.05) is 6.07 Å². The first-order valence-corrected chi connectivity index (χ1v) is 7.87. The van der Waals surface area contributed by atoms with E-state index in [4.69, 9.17) is 8.94 Å². The molecule has 0 bridgehead atoms. The molecule has 3 aromatic heterocycles. The van der Waals surface area contributed by atoms with Gasteiger partial charge in [-0.3, -0.25) is 4.90 Å².